The first kappa shape index (κ1) is 34.4. The van der Waals surface area contributed by atoms with Gasteiger partial charge in [0.05, 0.1) is 19.6 Å². The van der Waals surface area contributed by atoms with Crippen molar-refractivity contribution in [2.45, 2.75) is 45.2 Å². The van der Waals surface area contributed by atoms with E-state index in [4.69, 9.17) is 23.2 Å². The van der Waals surface area contributed by atoms with Crippen LogP contribution in [0.2, 0.25) is 5.02 Å². The topological polar surface area (TPSA) is 86.7 Å². The standard InChI is InChI=1S/C29H20Cl2F6O6S2/c1-3-19(30)5-4-18(2)44(38,39)23-14-8-21(9-15-23)42-28(36)26(32,33)27(34,35)29(28,37)43-22-10-16-25(17-11-22)45(40,41)24-12-6-20(31)7-13-24/h3-17H,2H2,1H3/b5-4+,19-3+. The number of halogens is 8. The number of hydrogen-bond acceptors (Lipinski definition) is 6. The zero-order valence-electron chi connectivity index (χ0n) is 22.7. The zero-order chi connectivity index (χ0) is 33.6. The predicted molar refractivity (Wildman–Crippen MR) is 154 cm³/mol. The summed E-state index contributed by atoms with van der Waals surface area (Å²) in [6, 6.07) is 10.6. The Bertz CT molecular complexity index is 1900. The van der Waals surface area contributed by atoms with Crippen molar-refractivity contribution < 1.29 is 52.7 Å². The van der Waals surface area contributed by atoms with Gasteiger partial charge in [0.15, 0.2) is 0 Å². The molecule has 0 spiro atoms. The second-order valence-electron chi connectivity index (χ2n) is 9.42. The van der Waals surface area contributed by atoms with Crippen LogP contribution < -0.4 is 9.47 Å². The molecule has 1 aliphatic rings. The lowest BCUT2D eigenvalue weighted by atomic mass is 9.76. The highest BCUT2D eigenvalue weighted by molar-refractivity contribution is 7.95. The zero-order valence-corrected chi connectivity index (χ0v) is 25.8. The van der Waals surface area contributed by atoms with Crippen LogP contribution in [0.5, 0.6) is 11.5 Å². The molecule has 0 amide bonds. The van der Waals surface area contributed by atoms with Crippen LogP contribution >= 0.6 is 23.2 Å². The quantitative estimate of drug-likeness (QED) is 0.156. The highest BCUT2D eigenvalue weighted by atomic mass is 35.5. The van der Waals surface area contributed by atoms with Crippen molar-refractivity contribution in [2.24, 2.45) is 0 Å². The summed E-state index contributed by atoms with van der Waals surface area (Å²) in [5.74, 6) is -23.7. The van der Waals surface area contributed by atoms with Crippen LogP contribution in [-0.2, 0) is 19.7 Å². The number of sulfone groups is 2. The van der Waals surface area contributed by atoms with Crippen molar-refractivity contribution in [3.63, 3.8) is 0 Å². The lowest BCUT2D eigenvalue weighted by molar-refractivity contribution is -0.527. The summed E-state index contributed by atoms with van der Waals surface area (Å²) in [5, 5.41) is 0.434. The molecule has 0 aliphatic heterocycles. The van der Waals surface area contributed by atoms with E-state index in [1.807, 2.05) is 0 Å². The Kier molecular flexibility index (Phi) is 8.96. The molecule has 3 aromatic rings. The van der Waals surface area contributed by atoms with E-state index in [0.29, 0.717) is 24.3 Å². The Hall–Kier alpha value is -3.46. The fourth-order valence-corrected chi connectivity index (χ4v) is 6.46. The Labute approximate surface area is 264 Å². The number of hydrogen-bond donors (Lipinski definition) is 0. The Balaban J connectivity index is 1.60. The van der Waals surface area contributed by atoms with Gasteiger partial charge in [0.1, 0.15) is 11.5 Å². The van der Waals surface area contributed by atoms with E-state index in [1.54, 1.807) is 6.92 Å². The van der Waals surface area contributed by atoms with E-state index >= 15 is 8.78 Å². The molecule has 0 N–H and O–H groups in total. The van der Waals surface area contributed by atoms with E-state index < -0.39 is 69.4 Å². The molecule has 0 heterocycles. The van der Waals surface area contributed by atoms with Crippen LogP contribution in [0.4, 0.5) is 26.3 Å². The van der Waals surface area contributed by atoms with Gasteiger partial charge in [-0.1, -0.05) is 35.9 Å². The molecule has 4 rings (SSSR count). The van der Waals surface area contributed by atoms with Crippen molar-refractivity contribution in [3.05, 3.63) is 113 Å². The molecule has 1 aliphatic carbocycles. The number of allylic oxidation sites excluding steroid dienone is 4. The van der Waals surface area contributed by atoms with E-state index in [1.165, 1.54) is 36.4 Å². The molecule has 2 atom stereocenters. The molecule has 45 heavy (non-hydrogen) atoms. The third kappa shape index (κ3) is 5.62. The van der Waals surface area contributed by atoms with Crippen molar-refractivity contribution in [2.75, 3.05) is 0 Å². The Morgan fingerprint density at radius 3 is 1.47 bits per heavy atom. The Morgan fingerprint density at radius 1 is 0.689 bits per heavy atom. The molecule has 3 aromatic carbocycles. The first-order valence-corrected chi connectivity index (χ1v) is 16.1. The van der Waals surface area contributed by atoms with Crippen LogP contribution in [0, 0.1) is 0 Å². The SMILES string of the molecule is C=C(/C=C/C(Cl)=C\C)S(=O)(=O)c1ccc(OC2(F)C(F)(F)C(F)(F)C2(F)Oc2ccc(S(=O)(=O)c3ccc(Cl)cc3)cc2)cc1. The van der Waals surface area contributed by atoms with E-state index in [0.717, 1.165) is 30.3 Å². The second-order valence-corrected chi connectivity index (χ2v) is 14.2. The molecule has 1 fully saturated rings. The largest absolute Gasteiger partial charge is 0.447 e. The van der Waals surface area contributed by atoms with Crippen LogP contribution in [0.1, 0.15) is 6.92 Å². The van der Waals surface area contributed by atoms with Crippen LogP contribution in [0.25, 0.3) is 0 Å². The maximum Gasteiger partial charge on any atom is 0.395 e. The van der Waals surface area contributed by atoms with Gasteiger partial charge in [-0.2, -0.15) is 26.3 Å². The molecule has 1 saturated carbocycles. The average molecular weight is 714 g/mol. The minimum absolute atomic E-state index is 0.192. The maximum atomic E-state index is 15.6. The Morgan fingerprint density at radius 2 is 1.07 bits per heavy atom. The van der Waals surface area contributed by atoms with Crippen molar-refractivity contribution in [3.8, 4) is 11.5 Å². The van der Waals surface area contributed by atoms with E-state index in [9.17, 15) is 34.4 Å². The highest BCUT2D eigenvalue weighted by Crippen LogP contribution is 2.68. The summed E-state index contributed by atoms with van der Waals surface area (Å²) in [4.78, 5) is -1.54. The minimum atomic E-state index is -5.78. The smallest absolute Gasteiger partial charge is 0.395 e. The van der Waals surface area contributed by atoms with Gasteiger partial charge in [0, 0.05) is 10.1 Å². The highest BCUT2D eigenvalue weighted by Gasteiger charge is 3.03. The van der Waals surface area contributed by atoms with Crippen LogP contribution in [0.15, 0.2) is 122 Å². The summed E-state index contributed by atoms with van der Waals surface area (Å²) >= 11 is 11.5. The van der Waals surface area contributed by atoms with Gasteiger partial charge in [0.2, 0.25) is 19.7 Å². The van der Waals surface area contributed by atoms with Crippen molar-refractivity contribution in [1.29, 1.82) is 0 Å². The first-order valence-electron chi connectivity index (χ1n) is 12.4. The summed E-state index contributed by atoms with van der Waals surface area (Å²) in [6.07, 6.45) is 3.77. The first-order chi connectivity index (χ1) is 20.7. The molecule has 0 bridgehead atoms. The summed E-state index contributed by atoms with van der Waals surface area (Å²) in [7, 11) is -8.44. The summed E-state index contributed by atoms with van der Waals surface area (Å²) in [5.41, 5.74) is 0. The van der Waals surface area contributed by atoms with E-state index in [2.05, 4.69) is 16.1 Å². The van der Waals surface area contributed by atoms with E-state index in [-0.39, 0.29) is 15.0 Å². The normalized spacial score (nSPS) is 22.9. The van der Waals surface area contributed by atoms with Gasteiger partial charge >= 0.3 is 23.6 Å². The molecule has 2 unspecified atom stereocenters. The fraction of sp³-hybridized carbons (Fsp3) is 0.172. The van der Waals surface area contributed by atoms with Gasteiger partial charge in [-0.3, -0.25) is 0 Å². The molecule has 0 saturated heterocycles. The lowest BCUT2D eigenvalue weighted by Gasteiger charge is -2.55. The predicted octanol–water partition coefficient (Wildman–Crippen LogP) is 8.23. The molecule has 0 aromatic heterocycles. The maximum absolute atomic E-state index is 15.6. The monoisotopic (exact) mass is 712 g/mol. The lowest BCUT2D eigenvalue weighted by Crippen LogP contribution is -2.89. The average Bonchev–Trinajstić information content (AvgIpc) is 2.99. The van der Waals surface area contributed by atoms with Crippen LogP contribution in [0.3, 0.4) is 0 Å². The molecule has 16 heteroatoms. The molecular formula is C29H20Cl2F6O6S2. The van der Waals surface area contributed by atoms with Crippen molar-refractivity contribution >= 4 is 42.9 Å². The third-order valence-electron chi connectivity index (χ3n) is 6.57. The van der Waals surface area contributed by atoms with Gasteiger partial charge in [-0.05, 0) is 91.9 Å². The van der Waals surface area contributed by atoms with Gasteiger partial charge in [-0.15, -0.1) is 0 Å². The van der Waals surface area contributed by atoms with Gasteiger partial charge in [0.25, 0.3) is 0 Å². The molecular weight excluding hydrogens is 693 g/mol. The number of rotatable bonds is 10. The van der Waals surface area contributed by atoms with Crippen molar-refractivity contribution in [1.82, 2.24) is 0 Å². The molecule has 6 nitrogen and oxygen atoms in total. The third-order valence-corrected chi connectivity index (χ3v) is 10.7. The summed E-state index contributed by atoms with van der Waals surface area (Å²) < 4.78 is 149. The minimum Gasteiger partial charge on any atom is -0.447 e. The molecule has 0 radical (unpaired) electrons. The number of benzene rings is 3. The molecule has 240 valence electrons. The number of alkyl halides is 6. The number of ether oxygens (including phenoxy) is 2. The second kappa shape index (κ2) is 11.7. The van der Waals surface area contributed by atoms with Gasteiger partial charge < -0.3 is 9.47 Å². The van der Waals surface area contributed by atoms with Crippen LogP contribution in [-0.4, -0.2) is 40.4 Å². The van der Waals surface area contributed by atoms with Gasteiger partial charge in [-0.25, -0.2) is 16.8 Å². The summed E-state index contributed by atoms with van der Waals surface area (Å²) in [6.45, 7) is 4.99. The fourth-order valence-electron chi connectivity index (χ4n) is 3.96.